The van der Waals surface area contributed by atoms with Crippen LogP contribution in [0.1, 0.15) is 23.7 Å². The molecule has 0 saturated carbocycles. The third-order valence-corrected chi connectivity index (χ3v) is 2.96. The second-order valence-electron chi connectivity index (χ2n) is 3.76. The van der Waals surface area contributed by atoms with Crippen LogP contribution in [0.4, 0.5) is 0 Å². The second-order valence-corrected chi connectivity index (χ2v) is 3.76. The summed E-state index contributed by atoms with van der Waals surface area (Å²) in [5, 5.41) is 0. The van der Waals surface area contributed by atoms with Crippen LogP contribution >= 0.6 is 0 Å². The number of carbonyl (C=O) groups is 1. The molecule has 0 N–H and O–H groups in total. The van der Waals surface area contributed by atoms with Gasteiger partial charge in [-0.25, -0.2) is 0 Å². The van der Waals surface area contributed by atoms with E-state index in [1.807, 2.05) is 12.1 Å². The quantitative estimate of drug-likeness (QED) is 0.561. The van der Waals surface area contributed by atoms with Gasteiger partial charge in [-0.15, -0.1) is 0 Å². The van der Waals surface area contributed by atoms with Crippen molar-refractivity contribution in [2.75, 3.05) is 0 Å². The van der Waals surface area contributed by atoms with Crippen molar-refractivity contribution in [1.82, 2.24) is 0 Å². The number of benzene rings is 1. The number of hydrogen-bond donors (Lipinski definition) is 0. The lowest BCUT2D eigenvalue weighted by Gasteiger charge is -2.18. The van der Waals surface area contributed by atoms with Crippen LogP contribution in [-0.2, 0) is 16.0 Å². The van der Waals surface area contributed by atoms with Crippen LogP contribution in [0.25, 0.3) is 0 Å². The van der Waals surface area contributed by atoms with Crippen LogP contribution in [0.5, 0.6) is 0 Å². The van der Waals surface area contributed by atoms with Crippen molar-refractivity contribution in [1.29, 1.82) is 0 Å². The molecule has 1 aromatic carbocycles. The maximum atomic E-state index is 11.3. The molecule has 13 heavy (non-hydrogen) atoms. The molecule has 0 aromatic heterocycles. The summed E-state index contributed by atoms with van der Waals surface area (Å²) in [6.45, 7) is 0. The first-order valence-corrected chi connectivity index (χ1v) is 4.63. The van der Waals surface area contributed by atoms with E-state index in [1.54, 1.807) is 0 Å². The Morgan fingerprint density at radius 3 is 3.08 bits per heavy atom. The Hall–Kier alpha value is -1.31. The summed E-state index contributed by atoms with van der Waals surface area (Å²) in [5.74, 6) is 0.112. The molecule has 0 amide bonds. The molecule has 66 valence electrons. The molecule has 3 rings (SSSR count). The van der Waals surface area contributed by atoms with E-state index in [1.165, 1.54) is 11.1 Å². The van der Waals surface area contributed by atoms with Crippen LogP contribution in [0.15, 0.2) is 24.3 Å². The average Bonchev–Trinajstić information content (AvgIpc) is 2.44. The molecule has 2 heteroatoms. The highest BCUT2D eigenvalue weighted by molar-refractivity contribution is 5.76. The zero-order chi connectivity index (χ0) is 8.84. The zero-order valence-corrected chi connectivity index (χ0v) is 7.19. The monoisotopic (exact) mass is 174 g/mol. The van der Waals surface area contributed by atoms with Gasteiger partial charge in [-0.2, -0.15) is 0 Å². The number of rotatable bonds is 0. The Kier molecular flexibility index (Phi) is 1.29. The lowest BCUT2D eigenvalue weighted by atomic mass is 9.84. The predicted molar refractivity (Wildman–Crippen MR) is 47.1 cm³/mol. The smallest absolute Gasteiger partial charge is 0.310 e. The van der Waals surface area contributed by atoms with E-state index in [0.29, 0.717) is 0 Å². The maximum Gasteiger partial charge on any atom is 0.310 e. The van der Waals surface area contributed by atoms with Crippen molar-refractivity contribution < 1.29 is 9.53 Å². The minimum atomic E-state index is -0.0128. The first-order chi connectivity index (χ1) is 6.34. The fraction of sp³-hybridized carbons (Fsp3) is 0.364. The molecule has 1 fully saturated rings. The summed E-state index contributed by atoms with van der Waals surface area (Å²) in [4.78, 5) is 11.3. The molecule has 2 aliphatic rings. The molecule has 1 aliphatic carbocycles. The number of carbonyl (C=O) groups excluding carboxylic acids is 1. The Bertz CT molecular complexity index is 370. The molecule has 1 aliphatic heterocycles. The summed E-state index contributed by atoms with van der Waals surface area (Å²) in [6.07, 6.45) is 1.80. The first kappa shape index (κ1) is 7.13. The van der Waals surface area contributed by atoms with Gasteiger partial charge in [0, 0.05) is 6.42 Å². The first-order valence-electron chi connectivity index (χ1n) is 4.63. The van der Waals surface area contributed by atoms with Gasteiger partial charge >= 0.3 is 5.97 Å². The lowest BCUT2D eigenvalue weighted by molar-refractivity contribution is -0.144. The van der Waals surface area contributed by atoms with Crippen LogP contribution < -0.4 is 0 Å². The van der Waals surface area contributed by atoms with Crippen LogP contribution in [0.3, 0.4) is 0 Å². The minimum absolute atomic E-state index is 0.0128. The molecule has 0 unspecified atom stereocenters. The summed E-state index contributed by atoms with van der Waals surface area (Å²) >= 11 is 0. The Balaban J connectivity index is 2.12. The average molecular weight is 174 g/mol. The molecule has 2 nitrogen and oxygen atoms in total. The molecule has 0 radical (unpaired) electrons. The number of esters is 1. The van der Waals surface area contributed by atoms with E-state index in [2.05, 4.69) is 12.1 Å². The van der Waals surface area contributed by atoms with Crippen molar-refractivity contribution in [3.63, 3.8) is 0 Å². The van der Waals surface area contributed by atoms with E-state index < -0.39 is 0 Å². The Morgan fingerprint density at radius 2 is 2.15 bits per heavy atom. The topological polar surface area (TPSA) is 26.3 Å². The molecule has 1 aromatic rings. The predicted octanol–water partition coefficient (Wildman–Crippen LogP) is 1.85. The summed E-state index contributed by atoms with van der Waals surface area (Å²) < 4.78 is 5.27. The van der Waals surface area contributed by atoms with Gasteiger partial charge in [0.25, 0.3) is 0 Å². The van der Waals surface area contributed by atoms with Gasteiger partial charge in [-0.1, -0.05) is 24.3 Å². The highest BCUT2D eigenvalue weighted by atomic mass is 16.6. The molecule has 2 bridgehead atoms. The van der Waals surface area contributed by atoms with Crippen molar-refractivity contribution in [3.8, 4) is 0 Å². The van der Waals surface area contributed by atoms with Gasteiger partial charge in [-0.05, 0) is 17.5 Å². The van der Waals surface area contributed by atoms with Gasteiger partial charge < -0.3 is 4.74 Å². The van der Waals surface area contributed by atoms with Crippen molar-refractivity contribution >= 4 is 5.97 Å². The van der Waals surface area contributed by atoms with Gasteiger partial charge in [0.1, 0.15) is 6.10 Å². The highest BCUT2D eigenvalue weighted by Gasteiger charge is 2.40. The van der Waals surface area contributed by atoms with E-state index >= 15 is 0 Å². The van der Waals surface area contributed by atoms with Gasteiger partial charge in [-0.3, -0.25) is 4.79 Å². The van der Waals surface area contributed by atoms with Crippen molar-refractivity contribution in [2.45, 2.75) is 18.9 Å². The fourth-order valence-electron chi connectivity index (χ4n) is 2.30. The fourth-order valence-corrected chi connectivity index (χ4v) is 2.30. The largest absolute Gasteiger partial charge is 0.457 e. The maximum absolute atomic E-state index is 11.3. The molecule has 1 saturated heterocycles. The SMILES string of the molecule is O=C1O[C@@H]2C[C@H]1Cc1ccccc12. The molecular weight excluding hydrogens is 164 g/mol. The third-order valence-electron chi connectivity index (χ3n) is 2.96. The molecule has 0 spiro atoms. The summed E-state index contributed by atoms with van der Waals surface area (Å²) in [6, 6.07) is 8.19. The van der Waals surface area contributed by atoms with Crippen LogP contribution in [0.2, 0.25) is 0 Å². The number of fused-ring (bicyclic) bond motifs is 4. The lowest BCUT2D eigenvalue weighted by Crippen LogP contribution is -2.13. The van der Waals surface area contributed by atoms with E-state index in [9.17, 15) is 4.79 Å². The Morgan fingerprint density at radius 1 is 1.31 bits per heavy atom. The van der Waals surface area contributed by atoms with Crippen molar-refractivity contribution in [3.05, 3.63) is 35.4 Å². The van der Waals surface area contributed by atoms with Crippen LogP contribution in [0, 0.1) is 5.92 Å². The number of ether oxygens (including phenoxy) is 1. The second kappa shape index (κ2) is 2.34. The van der Waals surface area contributed by atoms with Gasteiger partial charge in [0.15, 0.2) is 0 Å². The highest BCUT2D eigenvalue weighted by Crippen LogP contribution is 2.41. The minimum Gasteiger partial charge on any atom is -0.457 e. The summed E-state index contributed by atoms with van der Waals surface area (Å²) in [5.41, 5.74) is 2.50. The van der Waals surface area contributed by atoms with Gasteiger partial charge in [0.05, 0.1) is 5.92 Å². The standard InChI is InChI=1S/C11H10O2/c12-11-8-5-7-3-1-2-4-9(7)10(6-8)13-11/h1-4,8,10H,5-6H2/t8-,10-/m1/s1. The van der Waals surface area contributed by atoms with E-state index in [4.69, 9.17) is 4.74 Å². The Labute approximate surface area is 76.5 Å². The van der Waals surface area contributed by atoms with Crippen molar-refractivity contribution in [2.24, 2.45) is 5.92 Å². The molecule has 2 atom stereocenters. The number of hydrogen-bond acceptors (Lipinski definition) is 2. The molecular formula is C11H10O2. The zero-order valence-electron chi connectivity index (χ0n) is 7.19. The molecule has 1 heterocycles. The van der Waals surface area contributed by atoms with Crippen LogP contribution in [-0.4, -0.2) is 5.97 Å². The van der Waals surface area contributed by atoms with E-state index in [-0.39, 0.29) is 18.0 Å². The normalized spacial score (nSPS) is 29.7. The third kappa shape index (κ3) is 0.916. The van der Waals surface area contributed by atoms with E-state index in [0.717, 1.165) is 12.8 Å². The summed E-state index contributed by atoms with van der Waals surface area (Å²) in [7, 11) is 0. The van der Waals surface area contributed by atoms with Gasteiger partial charge in [0.2, 0.25) is 0 Å².